The zero-order valence-corrected chi connectivity index (χ0v) is 32.1. The topological polar surface area (TPSA) is 136 Å². The molecule has 0 bridgehead atoms. The highest BCUT2D eigenvalue weighted by Gasteiger charge is 2.56. The van der Waals surface area contributed by atoms with Crippen molar-refractivity contribution < 1.29 is 51.9 Å². The first kappa shape index (κ1) is 39.1. The number of rotatable bonds is 12. The minimum atomic E-state index is -1.84. The monoisotopic (exact) mass is 801 g/mol. The molecule has 58 heavy (non-hydrogen) atoms. The highest BCUT2D eigenvalue weighted by atomic mass is 31.2. The standard InChI is InChI=1S/C45H40NO11P/c47-41(31-19-8-2-9-20-31)51-29-36-38(53-42(48)32-21-10-3-11-22-32)39(54-43(49)33-23-12-4-13-24-33)40(55-44(50)34-25-14-5-15-26-34)45(52-36)57-58-46-28-16-27-35(46)37(56-58)30-17-6-1-7-18-30/h1-15,17-26,35-40,45H,16,27-29H2/t35-,36+,37+,38+,39-,40-,45+,58+/m0/s1. The first-order valence-corrected chi connectivity index (χ1v) is 20.2. The summed E-state index contributed by atoms with van der Waals surface area (Å²) in [6.07, 6.45) is -5.82. The maximum Gasteiger partial charge on any atom is 0.338 e. The van der Waals surface area contributed by atoms with Crippen LogP contribution >= 0.6 is 8.53 Å². The van der Waals surface area contributed by atoms with Crippen LogP contribution in [-0.4, -0.2) is 78.4 Å². The van der Waals surface area contributed by atoms with Gasteiger partial charge in [0.1, 0.15) is 18.8 Å². The van der Waals surface area contributed by atoms with Crippen molar-refractivity contribution in [2.45, 2.75) is 55.7 Å². The minimum Gasteiger partial charge on any atom is -0.459 e. The Labute approximate surface area is 336 Å². The molecular weight excluding hydrogens is 761 g/mol. The Balaban J connectivity index is 1.18. The number of carbonyl (C=O) groups excluding carboxylic acids is 4. The first-order valence-electron chi connectivity index (χ1n) is 19.0. The van der Waals surface area contributed by atoms with Gasteiger partial charge in [-0.15, -0.1) is 0 Å². The van der Waals surface area contributed by atoms with Crippen LogP contribution in [0.25, 0.3) is 0 Å². The molecule has 296 valence electrons. The van der Waals surface area contributed by atoms with Crippen LogP contribution in [0.1, 0.15) is 65.9 Å². The molecule has 3 aliphatic heterocycles. The van der Waals surface area contributed by atoms with E-state index < -0.39 is 69.7 Å². The quantitative estimate of drug-likeness (QED) is 0.0694. The van der Waals surface area contributed by atoms with Gasteiger partial charge in [-0.3, -0.25) is 4.52 Å². The normalized spacial score (nSPS) is 25.2. The average Bonchev–Trinajstić information content (AvgIpc) is 3.90. The van der Waals surface area contributed by atoms with Gasteiger partial charge in [0.2, 0.25) is 6.29 Å². The zero-order valence-electron chi connectivity index (χ0n) is 31.2. The molecule has 3 saturated heterocycles. The van der Waals surface area contributed by atoms with E-state index in [4.69, 9.17) is 32.7 Å². The number of esters is 4. The Bertz CT molecular complexity index is 2160. The number of fused-ring (bicyclic) bond motifs is 1. The molecule has 0 N–H and O–H groups in total. The van der Waals surface area contributed by atoms with Gasteiger partial charge in [0.25, 0.3) is 8.53 Å². The third-order valence-electron chi connectivity index (χ3n) is 10.1. The number of ether oxygens (including phenoxy) is 5. The molecule has 3 heterocycles. The molecule has 0 aromatic heterocycles. The van der Waals surface area contributed by atoms with Crippen molar-refractivity contribution in [3.63, 3.8) is 0 Å². The average molecular weight is 802 g/mol. The number of benzene rings is 5. The lowest BCUT2D eigenvalue weighted by Gasteiger charge is -2.44. The van der Waals surface area contributed by atoms with E-state index in [2.05, 4.69) is 4.67 Å². The maximum atomic E-state index is 14.0. The lowest BCUT2D eigenvalue weighted by Crippen LogP contribution is -2.63. The summed E-state index contributed by atoms with van der Waals surface area (Å²) < 4.78 is 46.5. The predicted molar refractivity (Wildman–Crippen MR) is 210 cm³/mol. The fourth-order valence-corrected chi connectivity index (χ4v) is 9.11. The summed E-state index contributed by atoms with van der Waals surface area (Å²) in [5, 5.41) is 0. The Hall–Kier alpha value is -5.75. The second-order valence-corrected chi connectivity index (χ2v) is 15.3. The number of carbonyl (C=O) groups is 4. The van der Waals surface area contributed by atoms with Crippen molar-refractivity contribution in [1.29, 1.82) is 0 Å². The number of hydrogen-bond donors (Lipinski definition) is 0. The third kappa shape index (κ3) is 8.87. The van der Waals surface area contributed by atoms with Crippen molar-refractivity contribution in [1.82, 2.24) is 4.67 Å². The molecule has 0 radical (unpaired) electrons. The van der Waals surface area contributed by atoms with Crippen LogP contribution in [0.2, 0.25) is 0 Å². The van der Waals surface area contributed by atoms with Crippen molar-refractivity contribution in [2.75, 3.05) is 13.2 Å². The van der Waals surface area contributed by atoms with Gasteiger partial charge < -0.3 is 28.2 Å². The summed E-state index contributed by atoms with van der Waals surface area (Å²) in [7, 11) is -1.84. The molecule has 0 spiro atoms. The van der Waals surface area contributed by atoms with Crippen LogP contribution in [-0.2, 0) is 32.7 Å². The first-order chi connectivity index (χ1) is 28.4. The summed E-state index contributed by atoms with van der Waals surface area (Å²) in [6.45, 7) is 0.222. The van der Waals surface area contributed by atoms with Crippen LogP contribution in [0.4, 0.5) is 0 Å². The molecule has 0 unspecified atom stereocenters. The third-order valence-corrected chi connectivity index (χ3v) is 11.8. The van der Waals surface area contributed by atoms with Crippen LogP contribution in [0.5, 0.6) is 0 Å². The van der Waals surface area contributed by atoms with E-state index in [0.717, 1.165) is 18.4 Å². The van der Waals surface area contributed by atoms with Gasteiger partial charge in [-0.1, -0.05) is 103 Å². The molecule has 3 aliphatic rings. The molecule has 5 aromatic rings. The van der Waals surface area contributed by atoms with Crippen molar-refractivity contribution >= 4 is 32.4 Å². The van der Waals surface area contributed by atoms with Crippen molar-refractivity contribution in [3.8, 4) is 0 Å². The summed E-state index contributed by atoms with van der Waals surface area (Å²) in [4.78, 5) is 55.1. The molecule has 0 aliphatic carbocycles. The summed E-state index contributed by atoms with van der Waals surface area (Å²) in [5.41, 5.74) is 1.85. The second kappa shape index (κ2) is 18.2. The van der Waals surface area contributed by atoms with E-state index in [1.54, 1.807) is 121 Å². The van der Waals surface area contributed by atoms with Gasteiger partial charge in [-0.2, -0.15) is 0 Å². The Morgan fingerprint density at radius 3 is 1.53 bits per heavy atom. The van der Waals surface area contributed by atoms with E-state index in [1.165, 1.54) is 0 Å². The fourth-order valence-electron chi connectivity index (χ4n) is 7.23. The highest BCUT2D eigenvalue weighted by molar-refractivity contribution is 7.44. The molecule has 0 amide bonds. The number of nitrogens with zero attached hydrogens (tertiary/aromatic N) is 1. The zero-order chi connectivity index (χ0) is 39.8. The lowest BCUT2D eigenvalue weighted by molar-refractivity contribution is -0.276. The SMILES string of the molecule is O=C(OC[C@H]1O[C@H](O[P@@]2O[C@H](c3ccccc3)[C@@H]3CCCN32)[C@@H](OC(=O)c2ccccc2)[C@@H](OC(=O)c2ccccc2)[C@@H]1OC(=O)c1ccccc1)c1ccccc1. The minimum absolute atomic E-state index is 0.0105. The maximum absolute atomic E-state index is 14.0. The molecule has 12 nitrogen and oxygen atoms in total. The molecule has 8 atom stereocenters. The Kier molecular flexibility index (Phi) is 12.3. The summed E-state index contributed by atoms with van der Waals surface area (Å²) in [6, 6.07) is 43.0. The van der Waals surface area contributed by atoms with Gasteiger partial charge >= 0.3 is 23.9 Å². The van der Waals surface area contributed by atoms with Gasteiger partial charge in [0, 0.05) is 12.6 Å². The van der Waals surface area contributed by atoms with Gasteiger partial charge in [0.15, 0.2) is 18.3 Å². The van der Waals surface area contributed by atoms with E-state index in [9.17, 15) is 19.2 Å². The van der Waals surface area contributed by atoms with E-state index in [1.807, 2.05) is 30.3 Å². The molecule has 13 heteroatoms. The Morgan fingerprint density at radius 2 is 1.02 bits per heavy atom. The number of hydrogen-bond acceptors (Lipinski definition) is 12. The van der Waals surface area contributed by atoms with Crippen LogP contribution in [0, 0.1) is 0 Å². The van der Waals surface area contributed by atoms with Crippen LogP contribution < -0.4 is 0 Å². The molecule has 3 fully saturated rings. The molecular formula is C45H40NO11P. The smallest absolute Gasteiger partial charge is 0.338 e. The van der Waals surface area contributed by atoms with Gasteiger partial charge in [-0.25, -0.2) is 23.8 Å². The fraction of sp³-hybridized carbons (Fsp3) is 0.244. The largest absolute Gasteiger partial charge is 0.459 e. The van der Waals surface area contributed by atoms with Crippen molar-refractivity contribution in [3.05, 3.63) is 179 Å². The molecule has 0 saturated carbocycles. The summed E-state index contributed by atoms with van der Waals surface area (Å²) >= 11 is 0. The van der Waals surface area contributed by atoms with Crippen molar-refractivity contribution in [2.24, 2.45) is 0 Å². The highest BCUT2D eigenvalue weighted by Crippen LogP contribution is 2.61. The Morgan fingerprint density at radius 1 is 0.569 bits per heavy atom. The van der Waals surface area contributed by atoms with E-state index in [0.29, 0.717) is 6.54 Å². The lowest BCUT2D eigenvalue weighted by atomic mass is 9.97. The van der Waals surface area contributed by atoms with E-state index in [-0.39, 0.29) is 34.4 Å². The summed E-state index contributed by atoms with van der Waals surface area (Å²) in [5.74, 6) is -3.01. The van der Waals surface area contributed by atoms with E-state index >= 15 is 0 Å². The van der Waals surface area contributed by atoms with Gasteiger partial charge in [0.05, 0.1) is 22.3 Å². The molecule has 5 aromatic carbocycles. The van der Waals surface area contributed by atoms with Gasteiger partial charge in [-0.05, 0) is 66.9 Å². The predicted octanol–water partition coefficient (Wildman–Crippen LogP) is 7.72. The molecule has 8 rings (SSSR count). The second-order valence-electron chi connectivity index (χ2n) is 13.9. The van der Waals surface area contributed by atoms with Crippen LogP contribution in [0.15, 0.2) is 152 Å². The van der Waals surface area contributed by atoms with Crippen LogP contribution in [0.3, 0.4) is 0 Å².